The van der Waals surface area contributed by atoms with Crippen LogP contribution in [-0.4, -0.2) is 51.3 Å². The van der Waals surface area contributed by atoms with Crippen molar-refractivity contribution >= 4 is 5.96 Å². The highest BCUT2D eigenvalue weighted by atomic mass is 16.5. The number of ether oxygens (including phenoxy) is 1. The van der Waals surface area contributed by atoms with E-state index >= 15 is 0 Å². The second kappa shape index (κ2) is 9.08. The van der Waals surface area contributed by atoms with Crippen LogP contribution < -0.4 is 5.32 Å². The van der Waals surface area contributed by atoms with Gasteiger partial charge in [-0.05, 0) is 50.9 Å². The van der Waals surface area contributed by atoms with E-state index in [4.69, 9.17) is 4.74 Å². The summed E-state index contributed by atoms with van der Waals surface area (Å²) in [4.78, 5) is 6.67. The van der Waals surface area contributed by atoms with E-state index in [1.807, 2.05) is 7.05 Å². The molecule has 0 unspecified atom stereocenters. The van der Waals surface area contributed by atoms with E-state index in [0.29, 0.717) is 0 Å². The maximum atomic E-state index is 5.42. The Morgan fingerprint density at radius 1 is 1.43 bits per heavy atom. The summed E-state index contributed by atoms with van der Waals surface area (Å²) in [7, 11) is 4.02. The number of nitrogens with one attached hydrogen (secondary N) is 1. The maximum Gasteiger partial charge on any atom is 0.193 e. The summed E-state index contributed by atoms with van der Waals surface area (Å²) in [5, 5.41) is 3.49. The lowest BCUT2D eigenvalue weighted by molar-refractivity contribution is 0.0625. The Balaban J connectivity index is 1.64. The van der Waals surface area contributed by atoms with Gasteiger partial charge in [-0.25, -0.2) is 0 Å². The van der Waals surface area contributed by atoms with Gasteiger partial charge >= 0.3 is 0 Å². The number of guanidine groups is 1. The van der Waals surface area contributed by atoms with E-state index < -0.39 is 0 Å². The first-order valence-electron chi connectivity index (χ1n) is 8.47. The Morgan fingerprint density at radius 3 is 2.90 bits per heavy atom. The minimum Gasteiger partial charge on any atom is -0.381 e. The molecule has 1 aliphatic heterocycles. The Morgan fingerprint density at radius 2 is 2.24 bits per heavy atom. The Labute approximate surface area is 129 Å². The zero-order chi connectivity index (χ0) is 14.9. The first-order valence-corrected chi connectivity index (χ1v) is 8.47. The highest BCUT2D eigenvalue weighted by Crippen LogP contribution is 2.20. The van der Waals surface area contributed by atoms with Gasteiger partial charge in [-0.2, -0.15) is 0 Å². The van der Waals surface area contributed by atoms with Crippen LogP contribution in [0.25, 0.3) is 0 Å². The highest BCUT2D eigenvalue weighted by molar-refractivity contribution is 5.79. The molecule has 120 valence electrons. The van der Waals surface area contributed by atoms with Gasteiger partial charge in [0.25, 0.3) is 0 Å². The second-order valence-corrected chi connectivity index (χ2v) is 6.24. The molecule has 0 bridgehead atoms. The van der Waals surface area contributed by atoms with Crippen LogP contribution in [0.2, 0.25) is 0 Å². The fourth-order valence-corrected chi connectivity index (χ4v) is 3.20. The normalized spacial score (nSPS) is 20.5. The third kappa shape index (κ3) is 5.70. The lowest BCUT2D eigenvalue weighted by atomic mass is 9.96. The second-order valence-electron chi connectivity index (χ2n) is 6.24. The first kappa shape index (κ1) is 16.3. The zero-order valence-corrected chi connectivity index (χ0v) is 13.7. The SMILES string of the molecule is CN=C(NCCC1=CCCC1)N(C)CCC1CCOCC1. The molecule has 0 aromatic heterocycles. The number of rotatable bonds is 6. The van der Waals surface area contributed by atoms with Crippen LogP contribution in [0.1, 0.15) is 44.9 Å². The fraction of sp³-hybridized carbons (Fsp3) is 0.824. The van der Waals surface area contributed by atoms with E-state index in [1.54, 1.807) is 5.57 Å². The van der Waals surface area contributed by atoms with Crippen LogP contribution in [0.4, 0.5) is 0 Å². The summed E-state index contributed by atoms with van der Waals surface area (Å²) in [5.41, 5.74) is 1.61. The van der Waals surface area contributed by atoms with Gasteiger partial charge in [-0.3, -0.25) is 4.99 Å². The number of hydrogen-bond donors (Lipinski definition) is 1. The van der Waals surface area contributed by atoms with E-state index in [0.717, 1.165) is 44.6 Å². The van der Waals surface area contributed by atoms with Crippen molar-refractivity contribution in [1.29, 1.82) is 0 Å². The highest BCUT2D eigenvalue weighted by Gasteiger charge is 2.15. The van der Waals surface area contributed by atoms with Crippen molar-refractivity contribution in [2.75, 3.05) is 40.4 Å². The fourth-order valence-electron chi connectivity index (χ4n) is 3.20. The molecular formula is C17H31N3O. The molecule has 4 nitrogen and oxygen atoms in total. The van der Waals surface area contributed by atoms with Gasteiger partial charge in [0, 0.05) is 40.4 Å². The van der Waals surface area contributed by atoms with Crippen molar-refractivity contribution < 1.29 is 4.74 Å². The maximum absolute atomic E-state index is 5.42. The van der Waals surface area contributed by atoms with Gasteiger partial charge in [-0.15, -0.1) is 0 Å². The van der Waals surface area contributed by atoms with Gasteiger partial charge < -0.3 is 15.0 Å². The molecule has 0 amide bonds. The largest absolute Gasteiger partial charge is 0.381 e. The number of allylic oxidation sites excluding steroid dienone is 1. The molecule has 4 heteroatoms. The number of nitrogens with zero attached hydrogens (tertiary/aromatic N) is 2. The van der Waals surface area contributed by atoms with Crippen molar-refractivity contribution in [3.8, 4) is 0 Å². The summed E-state index contributed by atoms with van der Waals surface area (Å²) in [6.45, 7) is 3.96. The zero-order valence-electron chi connectivity index (χ0n) is 13.7. The van der Waals surface area contributed by atoms with E-state index in [9.17, 15) is 0 Å². The lowest BCUT2D eigenvalue weighted by Crippen LogP contribution is -2.40. The predicted molar refractivity (Wildman–Crippen MR) is 88.7 cm³/mol. The van der Waals surface area contributed by atoms with Crippen molar-refractivity contribution in [2.24, 2.45) is 10.9 Å². The molecule has 2 aliphatic rings. The Bertz CT molecular complexity index is 359. The average Bonchev–Trinajstić information content (AvgIpc) is 3.03. The average molecular weight is 293 g/mol. The van der Waals surface area contributed by atoms with E-state index in [-0.39, 0.29) is 0 Å². The number of hydrogen-bond acceptors (Lipinski definition) is 2. The molecule has 21 heavy (non-hydrogen) atoms. The van der Waals surface area contributed by atoms with Crippen LogP contribution in [0.3, 0.4) is 0 Å². The van der Waals surface area contributed by atoms with Gasteiger partial charge in [0.2, 0.25) is 0 Å². The molecule has 1 fully saturated rings. The van der Waals surface area contributed by atoms with E-state index in [2.05, 4.69) is 28.3 Å². The molecule has 0 aromatic carbocycles. The monoisotopic (exact) mass is 293 g/mol. The lowest BCUT2D eigenvalue weighted by Gasteiger charge is -2.26. The molecular weight excluding hydrogens is 262 g/mol. The van der Waals surface area contributed by atoms with Crippen molar-refractivity contribution in [2.45, 2.75) is 44.9 Å². The molecule has 1 aliphatic carbocycles. The molecule has 0 atom stereocenters. The summed E-state index contributed by atoms with van der Waals surface area (Å²) >= 11 is 0. The summed E-state index contributed by atoms with van der Waals surface area (Å²) in [5.74, 6) is 1.85. The molecule has 0 spiro atoms. The minimum atomic E-state index is 0.822. The van der Waals surface area contributed by atoms with Crippen LogP contribution in [0, 0.1) is 5.92 Å². The smallest absolute Gasteiger partial charge is 0.193 e. The van der Waals surface area contributed by atoms with Crippen molar-refractivity contribution in [3.05, 3.63) is 11.6 Å². The third-order valence-corrected chi connectivity index (χ3v) is 4.65. The number of aliphatic imine (C=N–C) groups is 1. The molecule has 0 radical (unpaired) electrons. The topological polar surface area (TPSA) is 36.9 Å². The summed E-state index contributed by atoms with van der Waals surface area (Å²) in [6, 6.07) is 0. The molecule has 0 saturated carbocycles. The van der Waals surface area contributed by atoms with Crippen LogP contribution >= 0.6 is 0 Å². The molecule has 0 aromatic rings. The van der Waals surface area contributed by atoms with Crippen LogP contribution in [0.15, 0.2) is 16.6 Å². The third-order valence-electron chi connectivity index (χ3n) is 4.65. The minimum absolute atomic E-state index is 0.822. The quantitative estimate of drug-likeness (QED) is 0.465. The van der Waals surface area contributed by atoms with Crippen LogP contribution in [0.5, 0.6) is 0 Å². The van der Waals surface area contributed by atoms with E-state index in [1.165, 1.54) is 38.5 Å². The molecule has 2 rings (SSSR count). The molecule has 1 saturated heterocycles. The van der Waals surface area contributed by atoms with Crippen molar-refractivity contribution in [1.82, 2.24) is 10.2 Å². The van der Waals surface area contributed by atoms with Gasteiger partial charge in [0.05, 0.1) is 0 Å². The first-order chi connectivity index (χ1) is 10.3. The summed E-state index contributed by atoms with van der Waals surface area (Å²) < 4.78 is 5.42. The predicted octanol–water partition coefficient (Wildman–Crippen LogP) is 2.81. The summed E-state index contributed by atoms with van der Waals surface area (Å²) in [6.07, 6.45) is 11.1. The van der Waals surface area contributed by atoms with Gasteiger partial charge in [0.1, 0.15) is 0 Å². The Kier molecular flexibility index (Phi) is 7.07. The van der Waals surface area contributed by atoms with Gasteiger partial charge in [-0.1, -0.05) is 11.6 Å². The van der Waals surface area contributed by atoms with Gasteiger partial charge in [0.15, 0.2) is 5.96 Å². The standard InChI is InChI=1S/C17H31N3O/c1-18-17(19-11-7-15-5-3-4-6-15)20(2)12-8-16-9-13-21-14-10-16/h5,16H,3-4,6-14H2,1-2H3,(H,18,19). The molecule has 1 N–H and O–H groups in total. The van der Waals surface area contributed by atoms with Crippen LogP contribution in [-0.2, 0) is 4.74 Å². The Hall–Kier alpha value is -1.03. The van der Waals surface area contributed by atoms with Crippen molar-refractivity contribution in [3.63, 3.8) is 0 Å². The molecule has 1 heterocycles.